The molecule has 0 aromatic carbocycles. The molecule has 3 aromatic rings. The summed E-state index contributed by atoms with van der Waals surface area (Å²) < 4.78 is 40.3. The molecule has 0 saturated heterocycles. The van der Waals surface area contributed by atoms with Crippen LogP contribution in [-0.2, 0) is 0 Å². The molecule has 0 radical (unpaired) electrons. The van der Waals surface area contributed by atoms with Crippen LogP contribution in [0, 0.1) is 24.5 Å². The maximum atomic E-state index is 13.6. The van der Waals surface area contributed by atoms with Crippen LogP contribution in [0.25, 0.3) is 0 Å². The van der Waals surface area contributed by atoms with Gasteiger partial charge in [-0.05, 0) is 25.5 Å². The SMILES string of the molecule is CC/C(=N\Oc1cc(F)cnc1F)c1ccc(NC(=O)c2cncc(F)c2C)nc1. The third-order valence-electron chi connectivity index (χ3n) is 4.10. The van der Waals surface area contributed by atoms with E-state index in [9.17, 15) is 18.0 Å². The zero-order valence-electron chi connectivity index (χ0n) is 16.0. The van der Waals surface area contributed by atoms with Crippen LogP contribution in [-0.4, -0.2) is 26.6 Å². The first-order valence-corrected chi connectivity index (χ1v) is 8.81. The summed E-state index contributed by atoms with van der Waals surface area (Å²) in [5.41, 5.74) is 1.23. The zero-order valence-corrected chi connectivity index (χ0v) is 16.0. The monoisotopic (exact) mass is 415 g/mol. The van der Waals surface area contributed by atoms with E-state index in [1.165, 1.54) is 25.4 Å². The summed E-state index contributed by atoms with van der Waals surface area (Å²) in [4.78, 5) is 28.3. The lowest BCUT2D eigenvalue weighted by Gasteiger charge is -2.08. The number of carbonyl (C=O) groups excluding carboxylic acids is 1. The molecule has 0 aliphatic heterocycles. The molecule has 0 fully saturated rings. The Morgan fingerprint density at radius 2 is 1.93 bits per heavy atom. The minimum absolute atomic E-state index is 0.0933. The van der Waals surface area contributed by atoms with Crippen molar-refractivity contribution in [1.29, 1.82) is 0 Å². The van der Waals surface area contributed by atoms with Crippen molar-refractivity contribution in [1.82, 2.24) is 15.0 Å². The van der Waals surface area contributed by atoms with Gasteiger partial charge in [0.25, 0.3) is 11.9 Å². The van der Waals surface area contributed by atoms with Crippen molar-refractivity contribution in [3.05, 3.63) is 77.3 Å². The molecule has 3 heterocycles. The van der Waals surface area contributed by atoms with Crippen LogP contribution in [0.1, 0.15) is 34.8 Å². The second kappa shape index (κ2) is 9.12. The van der Waals surface area contributed by atoms with Crippen molar-refractivity contribution in [2.75, 3.05) is 5.32 Å². The van der Waals surface area contributed by atoms with Gasteiger partial charge < -0.3 is 10.2 Å². The molecule has 3 aromatic heterocycles. The molecule has 0 bridgehead atoms. The fourth-order valence-electron chi connectivity index (χ4n) is 2.44. The van der Waals surface area contributed by atoms with Crippen molar-refractivity contribution in [2.45, 2.75) is 20.3 Å². The molecule has 10 heteroatoms. The predicted molar refractivity (Wildman–Crippen MR) is 103 cm³/mol. The molecule has 0 atom stereocenters. The van der Waals surface area contributed by atoms with Crippen LogP contribution in [0.4, 0.5) is 19.0 Å². The standard InChI is InChI=1S/C20H16F3N5O2/c1-3-16(28-30-17-6-13(21)8-26-19(17)23)12-4-5-18(25-7-12)27-20(29)14-9-24-10-15(22)11(14)2/h4-10H,3H2,1-2H3,(H,25,27,29)/b28-16+. The summed E-state index contributed by atoms with van der Waals surface area (Å²) in [6, 6.07) is 3.97. The van der Waals surface area contributed by atoms with E-state index >= 15 is 0 Å². The summed E-state index contributed by atoms with van der Waals surface area (Å²) in [7, 11) is 0. The number of nitrogens with one attached hydrogen (secondary N) is 1. The normalized spacial score (nSPS) is 11.3. The minimum Gasteiger partial charge on any atom is -0.352 e. The van der Waals surface area contributed by atoms with Crippen molar-refractivity contribution in [2.24, 2.45) is 5.16 Å². The highest BCUT2D eigenvalue weighted by Crippen LogP contribution is 2.17. The number of hydrogen-bond acceptors (Lipinski definition) is 6. The fraction of sp³-hybridized carbons (Fsp3) is 0.150. The molecule has 1 N–H and O–H groups in total. The van der Waals surface area contributed by atoms with Crippen LogP contribution in [0.5, 0.6) is 5.75 Å². The highest BCUT2D eigenvalue weighted by atomic mass is 19.1. The highest BCUT2D eigenvalue weighted by molar-refractivity contribution is 6.05. The lowest BCUT2D eigenvalue weighted by molar-refractivity contribution is 0.102. The molecule has 0 spiro atoms. The predicted octanol–water partition coefficient (Wildman–Crippen LogP) is 4.04. The van der Waals surface area contributed by atoms with E-state index in [0.29, 0.717) is 17.7 Å². The number of halogens is 3. The van der Waals surface area contributed by atoms with E-state index in [-0.39, 0.29) is 16.9 Å². The van der Waals surface area contributed by atoms with Gasteiger partial charge in [-0.1, -0.05) is 12.1 Å². The number of aromatic nitrogens is 3. The van der Waals surface area contributed by atoms with Gasteiger partial charge in [0, 0.05) is 29.6 Å². The Morgan fingerprint density at radius 1 is 1.13 bits per heavy atom. The lowest BCUT2D eigenvalue weighted by Crippen LogP contribution is -2.15. The molecule has 0 unspecified atom stereocenters. The number of carbonyl (C=O) groups is 1. The average Bonchev–Trinajstić information content (AvgIpc) is 2.74. The van der Waals surface area contributed by atoms with Gasteiger partial charge in [0.05, 0.1) is 23.7 Å². The minimum atomic E-state index is -0.992. The Hall–Kier alpha value is -3.82. The molecular weight excluding hydrogens is 399 g/mol. The molecule has 1 amide bonds. The van der Waals surface area contributed by atoms with Crippen molar-refractivity contribution in [3.63, 3.8) is 0 Å². The molecule has 30 heavy (non-hydrogen) atoms. The molecule has 154 valence electrons. The van der Waals surface area contributed by atoms with Crippen molar-refractivity contribution < 1.29 is 22.8 Å². The Morgan fingerprint density at radius 3 is 2.63 bits per heavy atom. The Balaban J connectivity index is 1.74. The summed E-state index contributed by atoms with van der Waals surface area (Å²) in [6.07, 6.45) is 4.86. The van der Waals surface area contributed by atoms with Gasteiger partial charge >= 0.3 is 0 Å². The largest absolute Gasteiger partial charge is 0.352 e. The first kappa shape index (κ1) is 20.9. The van der Waals surface area contributed by atoms with Crippen LogP contribution in [0.15, 0.2) is 48.1 Å². The topological polar surface area (TPSA) is 89.4 Å². The Kier molecular flexibility index (Phi) is 6.35. The lowest BCUT2D eigenvalue weighted by atomic mass is 10.1. The Bertz CT molecular complexity index is 1100. The zero-order chi connectivity index (χ0) is 21.7. The van der Waals surface area contributed by atoms with Gasteiger partial charge in [-0.2, -0.15) is 4.39 Å². The summed E-state index contributed by atoms with van der Waals surface area (Å²) in [5, 5.41) is 6.39. The first-order valence-electron chi connectivity index (χ1n) is 8.81. The number of hydrogen-bond donors (Lipinski definition) is 1. The van der Waals surface area contributed by atoms with Gasteiger partial charge in [-0.25, -0.2) is 18.7 Å². The van der Waals surface area contributed by atoms with Gasteiger partial charge in [0.1, 0.15) is 17.5 Å². The van der Waals surface area contributed by atoms with E-state index in [4.69, 9.17) is 4.84 Å². The van der Waals surface area contributed by atoms with Gasteiger partial charge in [0.2, 0.25) is 5.75 Å². The van der Waals surface area contributed by atoms with Crippen molar-refractivity contribution >= 4 is 17.4 Å². The maximum absolute atomic E-state index is 13.6. The van der Waals surface area contributed by atoms with E-state index in [0.717, 1.165) is 18.5 Å². The molecule has 3 rings (SSSR count). The highest BCUT2D eigenvalue weighted by Gasteiger charge is 2.14. The molecule has 0 saturated carbocycles. The maximum Gasteiger partial charge on any atom is 0.258 e. The van der Waals surface area contributed by atoms with E-state index in [2.05, 4.69) is 25.4 Å². The van der Waals surface area contributed by atoms with Crippen molar-refractivity contribution in [3.8, 4) is 5.75 Å². The first-order chi connectivity index (χ1) is 14.4. The smallest absolute Gasteiger partial charge is 0.258 e. The van der Waals surface area contributed by atoms with Gasteiger partial charge in [-0.3, -0.25) is 9.78 Å². The van der Waals surface area contributed by atoms with Crippen LogP contribution in [0.3, 0.4) is 0 Å². The number of amides is 1. The van der Waals surface area contributed by atoms with E-state index < -0.39 is 29.2 Å². The number of anilines is 1. The summed E-state index contributed by atoms with van der Waals surface area (Å²) >= 11 is 0. The molecule has 0 aliphatic carbocycles. The molecule has 0 aliphatic rings. The van der Waals surface area contributed by atoms with Gasteiger partial charge in [0.15, 0.2) is 0 Å². The third kappa shape index (κ3) is 4.77. The number of pyridine rings is 3. The summed E-state index contributed by atoms with van der Waals surface area (Å²) in [5.74, 6) is -3.11. The second-order valence-corrected chi connectivity index (χ2v) is 6.11. The summed E-state index contributed by atoms with van der Waals surface area (Å²) in [6.45, 7) is 3.27. The van der Waals surface area contributed by atoms with Crippen LogP contribution >= 0.6 is 0 Å². The molecular formula is C20H16F3N5O2. The fourth-order valence-corrected chi connectivity index (χ4v) is 2.44. The Labute approximate surface area is 169 Å². The van der Waals surface area contributed by atoms with Crippen LogP contribution < -0.4 is 10.2 Å². The van der Waals surface area contributed by atoms with E-state index in [1.807, 2.05) is 0 Å². The number of nitrogens with zero attached hydrogens (tertiary/aromatic N) is 4. The number of oxime groups is 1. The number of rotatable bonds is 6. The van der Waals surface area contributed by atoms with E-state index in [1.54, 1.807) is 13.0 Å². The third-order valence-corrected chi connectivity index (χ3v) is 4.10. The van der Waals surface area contributed by atoms with Crippen LogP contribution in [0.2, 0.25) is 0 Å². The quantitative estimate of drug-likeness (QED) is 0.373. The average molecular weight is 415 g/mol. The van der Waals surface area contributed by atoms with Gasteiger partial charge in [-0.15, -0.1) is 0 Å². The molecule has 7 nitrogen and oxygen atoms in total. The second-order valence-electron chi connectivity index (χ2n) is 6.11.